The number of piperazine rings is 1. The van der Waals surface area contributed by atoms with Crippen LogP contribution < -0.4 is 20.7 Å². The van der Waals surface area contributed by atoms with Gasteiger partial charge in [-0.05, 0) is 75.6 Å². The van der Waals surface area contributed by atoms with Gasteiger partial charge in [0.2, 0.25) is 33.7 Å². The summed E-state index contributed by atoms with van der Waals surface area (Å²) in [5.74, 6) is -2.24. The van der Waals surface area contributed by atoms with Gasteiger partial charge in [-0.3, -0.25) is 39.0 Å². The summed E-state index contributed by atoms with van der Waals surface area (Å²) in [4.78, 5) is 88.1. The fraction of sp³-hybridized carbons (Fsp3) is 0.549. The highest BCUT2D eigenvalue weighted by molar-refractivity contribution is 7.89. The number of anilines is 1. The van der Waals surface area contributed by atoms with Gasteiger partial charge in [-0.15, -0.1) is 0 Å². The number of nitrogens with zero attached hydrogens (tertiary/aromatic N) is 7. The average molecular weight is 1010 g/mol. The molecule has 0 radical (unpaired) electrons. The minimum atomic E-state index is -3.80. The number of piperidine rings is 1. The van der Waals surface area contributed by atoms with Crippen LogP contribution in [-0.4, -0.2) is 141 Å². The monoisotopic (exact) mass is 1010 g/mol. The number of hydrogen-bond acceptors (Lipinski definition) is 14. The molecule has 20 nitrogen and oxygen atoms in total. The number of rotatable bonds is 23. The van der Waals surface area contributed by atoms with Crippen LogP contribution in [-0.2, 0) is 29.2 Å². The van der Waals surface area contributed by atoms with E-state index < -0.39 is 39.7 Å². The molecule has 8 rings (SSSR count). The van der Waals surface area contributed by atoms with Crippen molar-refractivity contribution in [3.63, 3.8) is 0 Å². The minimum Gasteiger partial charge on any atom is -0.483 e. The van der Waals surface area contributed by atoms with Gasteiger partial charge in [-0.2, -0.15) is 14.4 Å². The second-order valence-electron chi connectivity index (χ2n) is 19.1. The predicted octanol–water partition coefficient (Wildman–Crippen LogP) is 5.12. The van der Waals surface area contributed by atoms with E-state index in [-0.39, 0.29) is 78.3 Å². The van der Waals surface area contributed by atoms with Gasteiger partial charge >= 0.3 is 0 Å². The Hall–Kier alpha value is -6.32. The highest BCUT2D eigenvalue weighted by atomic mass is 32.2. The van der Waals surface area contributed by atoms with Gasteiger partial charge in [-0.1, -0.05) is 70.1 Å². The smallest absolute Gasteiger partial charge is 0.266 e. The number of hydrogen-bond donors (Lipinski definition) is 4. The maximum atomic E-state index is 13.8. The number of benzene rings is 2. The topological polar surface area (TPSA) is 255 Å². The van der Waals surface area contributed by atoms with Crippen molar-refractivity contribution >= 4 is 62.4 Å². The van der Waals surface area contributed by atoms with Crippen molar-refractivity contribution in [3.8, 4) is 17.0 Å². The summed E-state index contributed by atoms with van der Waals surface area (Å²) >= 11 is 0. The first-order valence-electron chi connectivity index (χ1n) is 25.6. The molecule has 72 heavy (non-hydrogen) atoms. The molecule has 3 fully saturated rings. The third-order valence-corrected chi connectivity index (χ3v) is 16.0. The molecule has 4 N–H and O–H groups in total. The number of amides is 6. The number of aromatic nitrogens is 4. The molecule has 21 heteroatoms. The standard InChI is InChI=1S/C51H66N10O10S/c1-2-3-26-53-51-54-32-39-46(57-61(47(39)56-51)35-18-20-36(62)21-19-35)34-16-22-37(23-17-34)72(69,70)59-30-28-58(29-31-59)44(65)15-10-8-6-4-5-7-9-11-27-52-43(64)33-71-41-14-12-13-38-45(41)50(68)60(49(38)67)40-24-25-42(63)55-48(40)66/h12-14,16-17,22-23,32,35-36,40,62H,2-11,15,18-21,24-31,33H2,1H3,(H,52,64)(H,53,54,56)(H,55,63,66). The maximum absolute atomic E-state index is 13.8. The molecule has 1 atom stereocenters. The van der Waals surface area contributed by atoms with Crippen LogP contribution in [0.1, 0.15) is 143 Å². The summed E-state index contributed by atoms with van der Waals surface area (Å²) < 4.78 is 36.6. The zero-order valence-electron chi connectivity index (χ0n) is 41.0. The van der Waals surface area contributed by atoms with Gasteiger partial charge in [-0.25, -0.2) is 18.1 Å². The Bertz CT molecular complexity index is 2730. The number of sulfonamides is 1. The van der Waals surface area contributed by atoms with E-state index in [0.29, 0.717) is 56.2 Å². The minimum absolute atomic E-state index is 0.00862. The second-order valence-corrected chi connectivity index (χ2v) is 21.1. The van der Waals surface area contributed by atoms with Gasteiger partial charge in [0.05, 0.1) is 33.6 Å². The van der Waals surface area contributed by atoms with E-state index in [1.807, 2.05) is 4.68 Å². The zero-order valence-corrected chi connectivity index (χ0v) is 41.8. The number of aliphatic hydroxyl groups is 1. The van der Waals surface area contributed by atoms with E-state index >= 15 is 0 Å². The van der Waals surface area contributed by atoms with Gasteiger partial charge < -0.3 is 25.4 Å². The summed E-state index contributed by atoms with van der Waals surface area (Å²) in [6.45, 7) is 4.11. The Morgan fingerprint density at radius 3 is 2.25 bits per heavy atom. The van der Waals surface area contributed by atoms with Crippen LogP contribution in [0.5, 0.6) is 5.75 Å². The van der Waals surface area contributed by atoms with E-state index in [1.165, 1.54) is 22.5 Å². The maximum Gasteiger partial charge on any atom is 0.266 e. The molecule has 1 saturated carbocycles. The van der Waals surface area contributed by atoms with Crippen LogP contribution in [0.3, 0.4) is 0 Å². The fourth-order valence-corrected chi connectivity index (χ4v) is 11.3. The summed E-state index contributed by atoms with van der Waals surface area (Å²) in [6, 6.07) is 10.3. The predicted molar refractivity (Wildman–Crippen MR) is 266 cm³/mol. The molecule has 0 bridgehead atoms. The summed E-state index contributed by atoms with van der Waals surface area (Å²) in [5, 5.41) is 24.2. The van der Waals surface area contributed by atoms with Crippen molar-refractivity contribution in [2.75, 3.05) is 51.2 Å². The number of carbonyl (C=O) groups excluding carboxylic acids is 6. The summed E-state index contributed by atoms with van der Waals surface area (Å²) in [6.07, 6.45) is 14.4. The number of ether oxygens (including phenoxy) is 1. The van der Waals surface area contributed by atoms with Gasteiger partial charge in [0.25, 0.3) is 17.7 Å². The van der Waals surface area contributed by atoms with E-state index in [0.717, 1.165) is 99.4 Å². The molecular weight excluding hydrogens is 945 g/mol. The number of fused-ring (bicyclic) bond motifs is 2. The first-order valence-corrected chi connectivity index (χ1v) is 27.1. The Morgan fingerprint density at radius 1 is 0.833 bits per heavy atom. The number of unbranched alkanes of at least 4 members (excludes halogenated alkanes) is 8. The number of carbonyl (C=O) groups is 6. The third-order valence-electron chi connectivity index (χ3n) is 14.1. The van der Waals surface area contributed by atoms with E-state index in [9.17, 15) is 42.3 Å². The lowest BCUT2D eigenvalue weighted by Crippen LogP contribution is -2.54. The van der Waals surface area contributed by atoms with Crippen LogP contribution in [0.4, 0.5) is 5.95 Å². The molecule has 4 aliphatic rings. The summed E-state index contributed by atoms with van der Waals surface area (Å²) in [7, 11) is -3.80. The van der Waals surface area contributed by atoms with Crippen LogP contribution in [0, 0.1) is 0 Å². The Kier molecular flexibility index (Phi) is 17.3. The molecule has 386 valence electrons. The Morgan fingerprint density at radius 2 is 1.54 bits per heavy atom. The number of aliphatic hydroxyl groups excluding tert-OH is 1. The fourth-order valence-electron chi connectivity index (χ4n) is 9.91. The van der Waals surface area contributed by atoms with E-state index in [1.54, 1.807) is 35.4 Å². The van der Waals surface area contributed by atoms with Crippen molar-refractivity contribution < 1.29 is 47.0 Å². The Labute approximate surface area is 419 Å². The average Bonchev–Trinajstić information content (AvgIpc) is 3.88. The SMILES string of the molecule is CCCCNc1ncc2c(-c3ccc(S(=O)(=O)N4CCN(C(=O)CCCCCCCCCCNC(=O)COc5cccc6c5C(=O)N(C5CCC(=O)NC5=O)C6=O)CC4)cc3)nn(C3CCC(O)CC3)c2n1. The highest BCUT2D eigenvalue weighted by Gasteiger charge is 2.46. The van der Waals surface area contributed by atoms with Crippen molar-refractivity contribution in [2.24, 2.45) is 0 Å². The van der Waals surface area contributed by atoms with Crippen LogP contribution in [0.2, 0.25) is 0 Å². The quantitative estimate of drug-likeness (QED) is 0.0556. The molecule has 2 aromatic carbocycles. The molecule has 2 saturated heterocycles. The van der Waals surface area contributed by atoms with E-state index in [4.69, 9.17) is 14.8 Å². The van der Waals surface area contributed by atoms with Gasteiger partial charge in [0, 0.05) is 63.9 Å². The number of imide groups is 2. The molecule has 3 aliphatic heterocycles. The van der Waals surface area contributed by atoms with Gasteiger partial charge in [0.1, 0.15) is 17.5 Å². The van der Waals surface area contributed by atoms with Gasteiger partial charge in [0.15, 0.2) is 12.3 Å². The Balaban J connectivity index is 0.696. The lowest BCUT2D eigenvalue weighted by molar-refractivity contribution is -0.136. The molecule has 5 heterocycles. The van der Waals surface area contributed by atoms with Crippen molar-refractivity contribution in [1.82, 2.24) is 44.5 Å². The van der Waals surface area contributed by atoms with Crippen molar-refractivity contribution in [1.29, 1.82) is 0 Å². The zero-order chi connectivity index (χ0) is 50.8. The normalized spacial score (nSPS) is 19.7. The third kappa shape index (κ3) is 12.1. The van der Waals surface area contributed by atoms with Crippen molar-refractivity contribution in [2.45, 2.75) is 139 Å². The molecule has 6 amide bonds. The largest absolute Gasteiger partial charge is 0.483 e. The lowest BCUT2D eigenvalue weighted by Gasteiger charge is -2.34. The lowest BCUT2D eigenvalue weighted by atomic mass is 9.93. The second kappa shape index (κ2) is 23.9. The molecule has 2 aromatic heterocycles. The molecule has 0 spiro atoms. The number of nitrogens with one attached hydrogen (secondary N) is 3. The highest BCUT2D eigenvalue weighted by Crippen LogP contribution is 2.36. The van der Waals surface area contributed by atoms with Crippen LogP contribution in [0.25, 0.3) is 22.3 Å². The van der Waals surface area contributed by atoms with Crippen LogP contribution in [0.15, 0.2) is 53.6 Å². The molecule has 4 aromatic rings. The summed E-state index contributed by atoms with van der Waals surface area (Å²) in [5.41, 5.74) is 2.21. The van der Waals surface area contributed by atoms with Crippen LogP contribution >= 0.6 is 0 Å². The van der Waals surface area contributed by atoms with Crippen molar-refractivity contribution in [3.05, 3.63) is 59.8 Å². The first-order chi connectivity index (χ1) is 34.8. The van der Waals surface area contributed by atoms with E-state index in [2.05, 4.69) is 27.9 Å². The molecule has 1 unspecified atom stereocenters. The molecular formula is C51H66N10O10S. The molecule has 1 aliphatic carbocycles. The first kappa shape index (κ1) is 52.0.